The van der Waals surface area contributed by atoms with E-state index in [-0.39, 0.29) is 0 Å². The van der Waals surface area contributed by atoms with E-state index in [0.29, 0.717) is 15.8 Å². The van der Waals surface area contributed by atoms with Gasteiger partial charge >= 0.3 is 0 Å². The highest BCUT2D eigenvalue weighted by atomic mass is 35.5. The van der Waals surface area contributed by atoms with Crippen LogP contribution in [-0.2, 0) is 0 Å². The molecule has 1 aromatic carbocycles. The molecule has 1 nitrogen and oxygen atoms in total. The maximum Gasteiger partial charge on any atom is 0.151 e. The van der Waals surface area contributed by atoms with E-state index >= 15 is 0 Å². The fourth-order valence-electron chi connectivity index (χ4n) is 0.742. The molecule has 0 fully saturated rings. The average molecular weight is 161 g/mol. The van der Waals surface area contributed by atoms with Crippen LogP contribution < -0.4 is 4.74 Å². The third-order valence-corrected chi connectivity index (χ3v) is 1.98. The number of fused-ring (bicyclic) bond motifs is 2. The van der Waals surface area contributed by atoms with Crippen molar-refractivity contribution in [3.63, 3.8) is 0 Å². The lowest BCUT2D eigenvalue weighted by Crippen LogP contribution is -1.95. The van der Waals surface area contributed by atoms with E-state index in [1.807, 2.05) is 6.07 Å². The topological polar surface area (TPSA) is 9.23 Å². The van der Waals surface area contributed by atoms with Gasteiger partial charge in [0.15, 0.2) is 5.75 Å². The molecule has 2 heterocycles. The second-order valence-corrected chi connectivity index (χ2v) is 2.60. The molecule has 0 saturated carbocycles. The minimum Gasteiger partial charge on any atom is -0.455 e. The summed E-state index contributed by atoms with van der Waals surface area (Å²) in [6.07, 6.45) is 0. The van der Waals surface area contributed by atoms with Gasteiger partial charge in [-0.3, -0.25) is 0 Å². The first-order valence-electron chi connectivity index (χ1n) is 2.44. The Labute approximate surface area is 62.1 Å². The summed E-state index contributed by atoms with van der Waals surface area (Å²) in [4.78, 5) is 0. The van der Waals surface area contributed by atoms with Crippen LogP contribution in [0, 0.1) is 0 Å². The molecule has 0 aromatic heterocycles. The van der Waals surface area contributed by atoms with Crippen LogP contribution in [-0.4, -0.2) is 0 Å². The molecule has 0 unspecified atom stereocenters. The Morgan fingerprint density at radius 1 is 1.22 bits per heavy atom. The molecule has 2 bridgehead atoms. The van der Waals surface area contributed by atoms with Gasteiger partial charge in [-0.25, -0.2) is 0 Å². The van der Waals surface area contributed by atoms with Crippen LogP contribution in [0.3, 0.4) is 0 Å². The second kappa shape index (κ2) is 1.55. The second-order valence-electron chi connectivity index (χ2n) is 1.82. The zero-order chi connectivity index (χ0) is 6.43. The van der Waals surface area contributed by atoms with Gasteiger partial charge in [0.2, 0.25) is 0 Å². The molecule has 3 heteroatoms. The van der Waals surface area contributed by atoms with E-state index in [9.17, 15) is 0 Å². The number of benzene rings is 1. The highest BCUT2D eigenvalue weighted by molar-refractivity contribution is 6.43. The molecule has 3 rings (SSSR count). The Kier molecular flexibility index (Phi) is 0.930. The van der Waals surface area contributed by atoms with Crippen LogP contribution in [0.25, 0.3) is 0 Å². The molecular formula is C6H2Cl2O. The molecule has 0 N–H and O–H groups in total. The summed E-state index contributed by atoms with van der Waals surface area (Å²) in [7, 11) is 0. The van der Waals surface area contributed by atoms with E-state index in [2.05, 4.69) is 0 Å². The van der Waals surface area contributed by atoms with Crippen LogP contribution in [0.15, 0.2) is 12.1 Å². The maximum atomic E-state index is 5.67. The number of halogens is 2. The van der Waals surface area contributed by atoms with Gasteiger partial charge in [0.05, 0.1) is 5.02 Å². The molecule has 0 aliphatic carbocycles. The summed E-state index contributed by atoms with van der Waals surface area (Å²) in [5, 5.41) is 1.07. The molecule has 0 spiro atoms. The lowest BCUT2D eigenvalue weighted by molar-refractivity contribution is 0.439. The van der Waals surface area contributed by atoms with Crippen molar-refractivity contribution in [2.75, 3.05) is 0 Å². The minimum absolute atomic E-state index is 0.506. The third-order valence-electron chi connectivity index (χ3n) is 1.20. The lowest BCUT2D eigenvalue weighted by atomic mass is 10.2. The smallest absolute Gasteiger partial charge is 0.151 e. The number of hydrogen-bond donors (Lipinski definition) is 0. The van der Waals surface area contributed by atoms with E-state index in [1.54, 1.807) is 6.07 Å². The van der Waals surface area contributed by atoms with Crippen LogP contribution in [0.2, 0.25) is 10.0 Å². The highest BCUT2D eigenvalue weighted by Crippen LogP contribution is 2.45. The quantitative estimate of drug-likeness (QED) is 0.576. The Morgan fingerprint density at radius 3 is 2.22 bits per heavy atom. The Morgan fingerprint density at radius 2 is 1.89 bits per heavy atom. The summed E-state index contributed by atoms with van der Waals surface area (Å²) < 4.78 is 5.01. The van der Waals surface area contributed by atoms with E-state index in [0.717, 1.165) is 5.75 Å². The molecule has 2 aliphatic rings. The Balaban J connectivity index is 2.72. The average Bonchev–Trinajstić information content (AvgIpc) is 1.72. The molecular weight excluding hydrogens is 159 g/mol. The predicted octanol–water partition coefficient (Wildman–Crippen LogP) is 3.10. The zero-order valence-electron chi connectivity index (χ0n) is 4.32. The fourth-order valence-corrected chi connectivity index (χ4v) is 1.09. The van der Waals surface area contributed by atoms with Gasteiger partial charge in [0.1, 0.15) is 10.8 Å². The third kappa shape index (κ3) is 0.620. The van der Waals surface area contributed by atoms with Gasteiger partial charge in [0, 0.05) is 12.1 Å². The monoisotopic (exact) mass is 160 g/mol. The maximum absolute atomic E-state index is 5.67. The molecule has 46 valence electrons. The van der Waals surface area contributed by atoms with Crippen LogP contribution in [0.4, 0.5) is 0 Å². The minimum atomic E-state index is 0.506. The first kappa shape index (κ1) is 5.39. The number of hydrogen-bond acceptors (Lipinski definition) is 1. The van der Waals surface area contributed by atoms with Crippen molar-refractivity contribution in [2.45, 2.75) is 0 Å². The van der Waals surface area contributed by atoms with Crippen LogP contribution in [0.1, 0.15) is 0 Å². The summed E-state index contributed by atoms with van der Waals surface area (Å²) in [6, 6.07) is 3.53. The Hall–Kier alpha value is -0.400. The lowest BCUT2D eigenvalue weighted by Gasteiger charge is -2.17. The predicted molar refractivity (Wildman–Crippen MR) is 36.5 cm³/mol. The Bertz CT molecular complexity index is 266. The standard InChI is InChI=1S/C6H2Cl2O/c7-4-1-3-2-5(9-3)6(4)8/h1-2H. The molecule has 0 atom stereocenters. The SMILES string of the molecule is Clc1cc2cc(c1Cl)O2. The van der Waals surface area contributed by atoms with Gasteiger partial charge in [-0.15, -0.1) is 0 Å². The van der Waals surface area contributed by atoms with E-state index < -0.39 is 0 Å². The largest absolute Gasteiger partial charge is 0.455 e. The van der Waals surface area contributed by atoms with E-state index in [4.69, 9.17) is 27.9 Å². The molecule has 1 aromatic rings. The normalized spacial score (nSPS) is 12.2. The zero-order valence-corrected chi connectivity index (χ0v) is 5.83. The first-order valence-corrected chi connectivity index (χ1v) is 3.20. The molecule has 0 radical (unpaired) electrons. The van der Waals surface area contributed by atoms with Crippen molar-refractivity contribution < 1.29 is 4.74 Å². The summed E-state index contributed by atoms with van der Waals surface area (Å²) in [5.41, 5.74) is 0. The van der Waals surface area contributed by atoms with Gasteiger partial charge < -0.3 is 4.74 Å². The van der Waals surface area contributed by atoms with Crippen molar-refractivity contribution in [1.29, 1.82) is 0 Å². The molecule has 0 amide bonds. The molecule has 0 saturated heterocycles. The van der Waals surface area contributed by atoms with Crippen molar-refractivity contribution in [3.8, 4) is 11.5 Å². The van der Waals surface area contributed by atoms with Crippen molar-refractivity contribution >= 4 is 23.2 Å². The van der Waals surface area contributed by atoms with Crippen LogP contribution >= 0.6 is 23.2 Å². The number of rotatable bonds is 0. The molecule has 9 heavy (non-hydrogen) atoms. The highest BCUT2D eigenvalue weighted by Gasteiger charge is 2.17. The van der Waals surface area contributed by atoms with Gasteiger partial charge in [-0.2, -0.15) is 0 Å². The van der Waals surface area contributed by atoms with Crippen molar-refractivity contribution in [3.05, 3.63) is 22.2 Å². The first-order chi connectivity index (χ1) is 4.27. The van der Waals surface area contributed by atoms with Crippen molar-refractivity contribution in [2.24, 2.45) is 0 Å². The van der Waals surface area contributed by atoms with Crippen LogP contribution in [0.5, 0.6) is 11.5 Å². The summed E-state index contributed by atoms with van der Waals surface area (Å²) in [6.45, 7) is 0. The fraction of sp³-hybridized carbons (Fsp3) is 0. The van der Waals surface area contributed by atoms with Gasteiger partial charge in [-0.1, -0.05) is 23.2 Å². The van der Waals surface area contributed by atoms with Crippen molar-refractivity contribution in [1.82, 2.24) is 0 Å². The molecule has 2 aliphatic heterocycles. The summed E-state index contributed by atoms with van der Waals surface area (Å²) in [5.74, 6) is 1.47. The van der Waals surface area contributed by atoms with E-state index in [1.165, 1.54) is 0 Å². The number of ether oxygens (including phenoxy) is 1. The van der Waals surface area contributed by atoms with Gasteiger partial charge in [-0.05, 0) is 0 Å². The summed E-state index contributed by atoms with van der Waals surface area (Å²) >= 11 is 11.3. The van der Waals surface area contributed by atoms with Gasteiger partial charge in [0.25, 0.3) is 0 Å².